The molecule has 0 aromatic heterocycles. The second kappa shape index (κ2) is 12.5. The van der Waals surface area contributed by atoms with E-state index in [4.69, 9.17) is 9.47 Å². The number of carbonyl (C=O) groups is 2. The van der Waals surface area contributed by atoms with Crippen molar-refractivity contribution in [2.24, 2.45) is 5.92 Å². The number of carbonyl (C=O) groups excluding carboxylic acids is 2. The summed E-state index contributed by atoms with van der Waals surface area (Å²) in [6.07, 6.45) is 0. The molecule has 0 spiro atoms. The van der Waals surface area contributed by atoms with E-state index in [2.05, 4.69) is 20.9 Å². The van der Waals surface area contributed by atoms with Crippen LogP contribution in [0.5, 0.6) is 11.5 Å². The summed E-state index contributed by atoms with van der Waals surface area (Å²) in [7, 11) is 3.05. The molecule has 1 aliphatic heterocycles. The van der Waals surface area contributed by atoms with Crippen LogP contribution < -0.4 is 25.4 Å². The van der Waals surface area contributed by atoms with Crippen LogP contribution in [-0.4, -0.2) is 76.2 Å². The van der Waals surface area contributed by atoms with Crippen molar-refractivity contribution in [3.05, 3.63) is 23.8 Å². The molecule has 2 rings (SSSR count). The highest BCUT2D eigenvalue weighted by Gasteiger charge is 2.25. The highest BCUT2D eigenvalue weighted by atomic mass is 35.5. The van der Waals surface area contributed by atoms with Crippen molar-refractivity contribution in [3.8, 4) is 11.5 Å². The Balaban J connectivity index is 0.00000420. The molecule has 2 amide bonds. The van der Waals surface area contributed by atoms with E-state index in [1.807, 2.05) is 13.8 Å². The van der Waals surface area contributed by atoms with Crippen LogP contribution in [0.1, 0.15) is 24.2 Å². The predicted octanol–water partition coefficient (Wildman–Crippen LogP) is 0.901. The third-order valence-corrected chi connectivity index (χ3v) is 4.79. The SMILES string of the molecule is COc1cc(OC)cc(C(=O)NC(C(=O)NCCN2CCNCC2)C(C)C)c1.Cl. The van der Waals surface area contributed by atoms with Crippen LogP contribution in [-0.2, 0) is 4.79 Å². The molecule has 164 valence electrons. The van der Waals surface area contributed by atoms with Gasteiger partial charge in [-0.05, 0) is 18.1 Å². The summed E-state index contributed by atoms with van der Waals surface area (Å²) in [5, 5.41) is 9.09. The minimum absolute atomic E-state index is 0. The smallest absolute Gasteiger partial charge is 0.252 e. The number of piperazine rings is 1. The van der Waals surface area contributed by atoms with Gasteiger partial charge in [-0.15, -0.1) is 12.4 Å². The van der Waals surface area contributed by atoms with Gasteiger partial charge in [0.15, 0.2) is 0 Å². The molecule has 0 saturated carbocycles. The van der Waals surface area contributed by atoms with Crippen molar-refractivity contribution in [3.63, 3.8) is 0 Å². The zero-order valence-corrected chi connectivity index (χ0v) is 18.4. The first-order valence-electron chi connectivity index (χ1n) is 9.69. The van der Waals surface area contributed by atoms with Crippen molar-refractivity contribution in [1.82, 2.24) is 20.9 Å². The van der Waals surface area contributed by atoms with Gasteiger partial charge >= 0.3 is 0 Å². The van der Waals surface area contributed by atoms with E-state index in [0.717, 1.165) is 32.7 Å². The summed E-state index contributed by atoms with van der Waals surface area (Å²) in [6, 6.07) is 4.32. The Kier molecular flexibility index (Phi) is 10.8. The van der Waals surface area contributed by atoms with Gasteiger partial charge in [0.2, 0.25) is 5.91 Å². The second-order valence-electron chi connectivity index (χ2n) is 7.18. The average molecular weight is 429 g/mol. The van der Waals surface area contributed by atoms with Gasteiger partial charge in [-0.25, -0.2) is 0 Å². The monoisotopic (exact) mass is 428 g/mol. The predicted molar refractivity (Wildman–Crippen MR) is 115 cm³/mol. The molecule has 3 N–H and O–H groups in total. The van der Waals surface area contributed by atoms with E-state index in [1.54, 1.807) is 18.2 Å². The normalized spacial score (nSPS) is 15.2. The van der Waals surface area contributed by atoms with E-state index >= 15 is 0 Å². The van der Waals surface area contributed by atoms with Crippen LogP contribution in [0.2, 0.25) is 0 Å². The van der Waals surface area contributed by atoms with E-state index in [9.17, 15) is 9.59 Å². The zero-order valence-electron chi connectivity index (χ0n) is 17.6. The van der Waals surface area contributed by atoms with Crippen LogP contribution in [0.25, 0.3) is 0 Å². The number of hydrogen-bond donors (Lipinski definition) is 3. The topological polar surface area (TPSA) is 91.9 Å². The van der Waals surface area contributed by atoms with Crippen molar-refractivity contribution >= 4 is 24.2 Å². The van der Waals surface area contributed by atoms with Gasteiger partial charge in [-0.1, -0.05) is 13.8 Å². The van der Waals surface area contributed by atoms with E-state index in [1.165, 1.54) is 14.2 Å². The van der Waals surface area contributed by atoms with Gasteiger partial charge in [0, 0.05) is 50.9 Å². The summed E-state index contributed by atoms with van der Waals surface area (Å²) in [5.74, 6) is 0.481. The lowest BCUT2D eigenvalue weighted by atomic mass is 10.0. The number of methoxy groups -OCH3 is 2. The molecule has 1 aliphatic rings. The lowest BCUT2D eigenvalue weighted by molar-refractivity contribution is -0.124. The first-order valence-corrected chi connectivity index (χ1v) is 9.69. The van der Waals surface area contributed by atoms with Gasteiger partial charge < -0.3 is 25.4 Å². The molecule has 1 heterocycles. The van der Waals surface area contributed by atoms with Gasteiger partial charge in [-0.2, -0.15) is 0 Å². The van der Waals surface area contributed by atoms with Gasteiger partial charge in [0.25, 0.3) is 5.91 Å². The van der Waals surface area contributed by atoms with E-state index in [0.29, 0.717) is 23.6 Å². The number of benzene rings is 1. The molecular formula is C20H33ClN4O4. The summed E-state index contributed by atoms with van der Waals surface area (Å²) in [5.41, 5.74) is 0.385. The number of nitrogens with one attached hydrogen (secondary N) is 3. The molecule has 29 heavy (non-hydrogen) atoms. The van der Waals surface area contributed by atoms with Crippen LogP contribution in [0.3, 0.4) is 0 Å². The largest absolute Gasteiger partial charge is 0.497 e. The van der Waals surface area contributed by atoms with Crippen LogP contribution in [0.15, 0.2) is 18.2 Å². The third-order valence-electron chi connectivity index (χ3n) is 4.79. The Hall–Kier alpha value is -2.03. The quantitative estimate of drug-likeness (QED) is 0.541. The van der Waals surface area contributed by atoms with E-state index < -0.39 is 6.04 Å². The first kappa shape index (κ1) is 25.0. The molecule has 8 nitrogen and oxygen atoms in total. The first-order chi connectivity index (χ1) is 13.4. The lowest BCUT2D eigenvalue weighted by Gasteiger charge is -2.28. The Morgan fingerprint density at radius 1 is 1.10 bits per heavy atom. The maximum absolute atomic E-state index is 12.7. The molecular weight excluding hydrogens is 396 g/mol. The van der Waals surface area contributed by atoms with Crippen molar-refractivity contribution in [2.75, 3.05) is 53.5 Å². The Morgan fingerprint density at radius 3 is 2.21 bits per heavy atom. The number of amides is 2. The molecule has 1 fully saturated rings. The van der Waals surface area contributed by atoms with Crippen LogP contribution in [0.4, 0.5) is 0 Å². The lowest BCUT2D eigenvalue weighted by Crippen LogP contribution is -2.52. The van der Waals surface area contributed by atoms with Crippen molar-refractivity contribution < 1.29 is 19.1 Å². The molecule has 1 aromatic carbocycles. The van der Waals surface area contributed by atoms with Crippen molar-refractivity contribution in [1.29, 1.82) is 0 Å². The molecule has 1 atom stereocenters. The summed E-state index contributed by atoms with van der Waals surface area (Å²) < 4.78 is 10.4. The molecule has 0 aliphatic carbocycles. The second-order valence-corrected chi connectivity index (χ2v) is 7.18. The van der Waals surface area contributed by atoms with Gasteiger partial charge in [-0.3, -0.25) is 14.5 Å². The number of nitrogens with zero attached hydrogens (tertiary/aromatic N) is 1. The molecule has 1 unspecified atom stereocenters. The molecule has 1 aromatic rings. The van der Waals surface area contributed by atoms with Crippen molar-refractivity contribution in [2.45, 2.75) is 19.9 Å². The molecule has 1 saturated heterocycles. The third kappa shape index (κ3) is 7.72. The fourth-order valence-corrected chi connectivity index (χ4v) is 3.08. The number of rotatable bonds is 9. The molecule has 9 heteroatoms. The fraction of sp³-hybridized carbons (Fsp3) is 0.600. The van der Waals surface area contributed by atoms with Crippen LogP contribution in [0, 0.1) is 5.92 Å². The maximum atomic E-state index is 12.7. The summed E-state index contributed by atoms with van der Waals surface area (Å²) in [6.45, 7) is 9.10. The van der Waals surface area contributed by atoms with E-state index in [-0.39, 0.29) is 30.1 Å². The Morgan fingerprint density at radius 2 is 1.69 bits per heavy atom. The maximum Gasteiger partial charge on any atom is 0.252 e. The molecule has 0 bridgehead atoms. The highest BCUT2D eigenvalue weighted by Crippen LogP contribution is 2.22. The molecule has 0 radical (unpaired) electrons. The Bertz CT molecular complexity index is 644. The number of hydrogen-bond acceptors (Lipinski definition) is 6. The summed E-state index contributed by atoms with van der Waals surface area (Å²) in [4.78, 5) is 27.6. The standard InChI is InChI=1S/C20H32N4O4.ClH/c1-14(2)18(20(26)22-7-10-24-8-5-21-6-9-24)23-19(25)15-11-16(27-3)13-17(12-15)28-4;/h11-14,18,21H,5-10H2,1-4H3,(H,22,26)(H,23,25);1H. The van der Waals surface area contributed by atoms with Crippen LogP contribution >= 0.6 is 12.4 Å². The van der Waals surface area contributed by atoms with Gasteiger partial charge in [0.1, 0.15) is 17.5 Å². The number of ether oxygens (including phenoxy) is 2. The fourth-order valence-electron chi connectivity index (χ4n) is 3.08. The summed E-state index contributed by atoms with van der Waals surface area (Å²) >= 11 is 0. The highest BCUT2D eigenvalue weighted by molar-refractivity contribution is 5.98. The minimum atomic E-state index is -0.618. The van der Waals surface area contributed by atoms with Gasteiger partial charge in [0.05, 0.1) is 14.2 Å². The zero-order chi connectivity index (χ0) is 20.5. The number of halogens is 1. The average Bonchev–Trinajstić information content (AvgIpc) is 2.71. The minimum Gasteiger partial charge on any atom is -0.497 e. The Labute approximate surface area is 179 Å².